The first-order valence-corrected chi connectivity index (χ1v) is 10.5. The molecule has 0 spiro atoms. The first-order chi connectivity index (χ1) is 12.7. The number of methoxy groups -OCH3 is 1. The molecule has 1 aliphatic carbocycles. The lowest BCUT2D eigenvalue weighted by Crippen LogP contribution is -2.56. The number of hydrogen-bond donors (Lipinski definition) is 0. The van der Waals surface area contributed by atoms with Crippen molar-refractivity contribution < 1.29 is 44.7 Å². The number of alkyl halides is 3. The maximum Gasteiger partial charge on any atom is 0.523 e. The van der Waals surface area contributed by atoms with Crippen LogP contribution in [-0.2, 0) is 33.2 Å². The zero-order valence-electron chi connectivity index (χ0n) is 15.1. The van der Waals surface area contributed by atoms with E-state index in [2.05, 4.69) is 4.18 Å². The molecular formula is C16H25F3O7S. The normalized spacial score (nSPS) is 35.5. The van der Waals surface area contributed by atoms with Crippen molar-refractivity contribution in [1.29, 1.82) is 0 Å². The summed E-state index contributed by atoms with van der Waals surface area (Å²) in [5.74, 6) is -1.20. The second-order valence-electron chi connectivity index (χ2n) is 7.28. The van der Waals surface area contributed by atoms with Gasteiger partial charge in [-0.25, -0.2) is 0 Å². The van der Waals surface area contributed by atoms with Gasteiger partial charge in [-0.15, -0.1) is 0 Å². The summed E-state index contributed by atoms with van der Waals surface area (Å²) in [5, 5.41) is 0. The summed E-state index contributed by atoms with van der Waals surface area (Å²) >= 11 is 0. The van der Waals surface area contributed by atoms with Gasteiger partial charge in [0.1, 0.15) is 18.8 Å². The largest absolute Gasteiger partial charge is 0.523 e. The second kappa shape index (κ2) is 8.11. The van der Waals surface area contributed by atoms with Crippen molar-refractivity contribution in [3.05, 3.63) is 0 Å². The monoisotopic (exact) mass is 418 g/mol. The molecular weight excluding hydrogens is 393 g/mol. The van der Waals surface area contributed by atoms with Crippen molar-refractivity contribution in [3.8, 4) is 0 Å². The molecule has 27 heavy (non-hydrogen) atoms. The van der Waals surface area contributed by atoms with Gasteiger partial charge in [-0.2, -0.15) is 21.6 Å². The van der Waals surface area contributed by atoms with Gasteiger partial charge in [-0.05, 0) is 18.8 Å². The van der Waals surface area contributed by atoms with Crippen molar-refractivity contribution in [2.24, 2.45) is 5.92 Å². The molecule has 3 aliphatic rings. The van der Waals surface area contributed by atoms with Gasteiger partial charge in [0, 0.05) is 20.1 Å². The van der Waals surface area contributed by atoms with E-state index < -0.39 is 40.2 Å². The molecule has 0 aromatic rings. The average molecular weight is 418 g/mol. The Kier molecular flexibility index (Phi) is 6.39. The predicted octanol–water partition coefficient (Wildman–Crippen LogP) is 2.35. The highest BCUT2D eigenvalue weighted by atomic mass is 32.2. The topological polar surface area (TPSA) is 80.3 Å². The molecule has 1 saturated carbocycles. The third-order valence-electron chi connectivity index (χ3n) is 5.45. The molecule has 0 aromatic carbocycles. The Labute approximate surface area is 156 Å². The number of hydrogen-bond acceptors (Lipinski definition) is 7. The zero-order chi connectivity index (χ0) is 19.7. The first-order valence-electron chi connectivity index (χ1n) is 9.09. The lowest BCUT2D eigenvalue weighted by atomic mass is 9.90. The smallest absolute Gasteiger partial charge is 0.376 e. The highest BCUT2D eigenvalue weighted by Gasteiger charge is 2.58. The SMILES string of the molecule is CO[C@@H]1C[C@H](OCC2CCCCC2)[C@H]2CO[C@]1(COS(=O)(=O)C(F)(F)F)O2. The molecule has 3 fully saturated rings. The van der Waals surface area contributed by atoms with Crippen molar-refractivity contribution in [1.82, 2.24) is 0 Å². The van der Waals surface area contributed by atoms with E-state index in [1.807, 2.05) is 0 Å². The molecule has 158 valence electrons. The fourth-order valence-electron chi connectivity index (χ4n) is 3.90. The van der Waals surface area contributed by atoms with Crippen LogP contribution in [0.1, 0.15) is 38.5 Å². The first kappa shape index (κ1) is 21.3. The lowest BCUT2D eigenvalue weighted by molar-refractivity contribution is -0.284. The van der Waals surface area contributed by atoms with Crippen molar-refractivity contribution >= 4 is 10.1 Å². The van der Waals surface area contributed by atoms with E-state index in [-0.39, 0.29) is 12.7 Å². The van der Waals surface area contributed by atoms with E-state index in [0.29, 0.717) is 18.9 Å². The van der Waals surface area contributed by atoms with E-state index in [0.717, 1.165) is 12.8 Å². The molecule has 0 N–H and O–H groups in total. The summed E-state index contributed by atoms with van der Waals surface area (Å²) in [6.45, 7) is -0.267. The van der Waals surface area contributed by atoms with Crippen LogP contribution in [0.25, 0.3) is 0 Å². The Morgan fingerprint density at radius 1 is 1.19 bits per heavy atom. The van der Waals surface area contributed by atoms with E-state index in [1.165, 1.54) is 26.4 Å². The summed E-state index contributed by atoms with van der Waals surface area (Å²) in [5.41, 5.74) is -5.51. The minimum absolute atomic E-state index is 0.0740. The van der Waals surface area contributed by atoms with Crippen LogP contribution in [-0.4, -0.2) is 65.0 Å². The molecule has 11 heteroatoms. The van der Waals surface area contributed by atoms with Gasteiger partial charge in [0.05, 0.1) is 12.7 Å². The molecule has 2 bridgehead atoms. The number of halogens is 3. The van der Waals surface area contributed by atoms with Crippen LogP contribution in [0.2, 0.25) is 0 Å². The van der Waals surface area contributed by atoms with Crippen LogP contribution >= 0.6 is 0 Å². The summed E-state index contributed by atoms with van der Waals surface area (Å²) < 4.78 is 86.6. The van der Waals surface area contributed by atoms with Crippen LogP contribution in [0.5, 0.6) is 0 Å². The summed E-state index contributed by atoms with van der Waals surface area (Å²) in [4.78, 5) is 0. The molecule has 2 saturated heterocycles. The Balaban J connectivity index is 1.60. The molecule has 0 radical (unpaired) electrons. The fourth-order valence-corrected chi connectivity index (χ4v) is 4.35. The molecule has 2 aliphatic heterocycles. The summed E-state index contributed by atoms with van der Waals surface area (Å²) in [7, 11) is -4.39. The van der Waals surface area contributed by atoms with Gasteiger partial charge in [-0.3, -0.25) is 4.18 Å². The van der Waals surface area contributed by atoms with Gasteiger partial charge < -0.3 is 18.9 Å². The van der Waals surface area contributed by atoms with E-state index in [1.54, 1.807) is 0 Å². The highest BCUT2D eigenvalue weighted by Crippen LogP contribution is 2.41. The van der Waals surface area contributed by atoms with Gasteiger partial charge in [0.15, 0.2) is 0 Å². The van der Waals surface area contributed by atoms with E-state index >= 15 is 0 Å². The third kappa shape index (κ3) is 4.59. The average Bonchev–Trinajstić information content (AvgIpc) is 3.00. The van der Waals surface area contributed by atoms with Gasteiger partial charge in [0.25, 0.3) is 0 Å². The predicted molar refractivity (Wildman–Crippen MR) is 86.2 cm³/mol. The van der Waals surface area contributed by atoms with Gasteiger partial charge >= 0.3 is 15.6 Å². The Bertz CT molecular complexity index is 606. The number of ether oxygens (including phenoxy) is 4. The minimum Gasteiger partial charge on any atom is -0.376 e. The molecule has 7 nitrogen and oxygen atoms in total. The van der Waals surface area contributed by atoms with Crippen LogP contribution in [0.4, 0.5) is 13.2 Å². The summed E-state index contributed by atoms with van der Waals surface area (Å²) in [6.07, 6.45) is 4.55. The number of fused-ring (bicyclic) bond motifs is 2. The third-order valence-corrected chi connectivity index (χ3v) is 6.44. The van der Waals surface area contributed by atoms with Crippen LogP contribution in [0, 0.1) is 5.92 Å². The molecule has 4 atom stereocenters. The fraction of sp³-hybridized carbons (Fsp3) is 1.00. The molecule has 0 aromatic heterocycles. The highest BCUT2D eigenvalue weighted by molar-refractivity contribution is 7.87. The zero-order valence-corrected chi connectivity index (χ0v) is 15.9. The van der Waals surface area contributed by atoms with Crippen LogP contribution in [0.3, 0.4) is 0 Å². The molecule has 0 amide bonds. The van der Waals surface area contributed by atoms with E-state index in [4.69, 9.17) is 18.9 Å². The van der Waals surface area contributed by atoms with Gasteiger partial charge in [0.2, 0.25) is 5.79 Å². The molecule has 3 rings (SSSR count). The molecule has 0 unspecified atom stereocenters. The Morgan fingerprint density at radius 2 is 1.89 bits per heavy atom. The molecule has 2 heterocycles. The maximum atomic E-state index is 12.5. The maximum absolute atomic E-state index is 12.5. The van der Waals surface area contributed by atoms with Gasteiger partial charge in [-0.1, -0.05) is 19.3 Å². The van der Waals surface area contributed by atoms with E-state index in [9.17, 15) is 21.6 Å². The van der Waals surface area contributed by atoms with Crippen molar-refractivity contribution in [2.75, 3.05) is 26.9 Å². The Hall–Kier alpha value is -0.460. The van der Waals surface area contributed by atoms with Crippen molar-refractivity contribution in [2.45, 2.75) is 68.1 Å². The van der Waals surface area contributed by atoms with Crippen LogP contribution < -0.4 is 0 Å². The Morgan fingerprint density at radius 3 is 2.52 bits per heavy atom. The standard InChI is InChI=1S/C16H25F3O7S/c1-22-14-7-12(23-8-11-5-3-2-4-6-11)13-9-24-15(14,26-13)10-25-27(20,21)16(17,18)19/h11-14H,2-10H2,1H3/t12-,13+,14+,15+/m0/s1. The minimum atomic E-state index is -5.74. The second-order valence-corrected chi connectivity index (χ2v) is 8.88. The van der Waals surface area contributed by atoms with Crippen molar-refractivity contribution in [3.63, 3.8) is 0 Å². The quantitative estimate of drug-likeness (QED) is 0.464. The van der Waals surface area contributed by atoms with Crippen LogP contribution in [0.15, 0.2) is 0 Å². The summed E-state index contributed by atoms with van der Waals surface area (Å²) in [6, 6.07) is 0. The lowest BCUT2D eigenvalue weighted by Gasteiger charge is -2.41. The number of rotatable bonds is 7.